The van der Waals surface area contributed by atoms with Crippen LogP contribution in [0.4, 0.5) is 0 Å². The average Bonchev–Trinajstić information content (AvgIpc) is 2.82. The van der Waals surface area contributed by atoms with Gasteiger partial charge in [-0.15, -0.1) is 0 Å². The van der Waals surface area contributed by atoms with E-state index >= 15 is 0 Å². The molecule has 0 aliphatic carbocycles. The highest BCUT2D eigenvalue weighted by Gasteiger charge is 2.14. The van der Waals surface area contributed by atoms with Crippen LogP contribution in [0, 0.1) is 0 Å². The number of halogens is 1. The molecule has 0 saturated carbocycles. The van der Waals surface area contributed by atoms with Crippen molar-refractivity contribution in [1.82, 2.24) is 10.6 Å². The highest BCUT2D eigenvalue weighted by atomic mass is 35.5. The molecule has 0 radical (unpaired) electrons. The van der Waals surface area contributed by atoms with E-state index in [9.17, 15) is 4.79 Å². The van der Waals surface area contributed by atoms with E-state index in [-0.39, 0.29) is 5.91 Å². The zero-order valence-corrected chi connectivity index (χ0v) is 10.5. The summed E-state index contributed by atoms with van der Waals surface area (Å²) in [5.74, 6) is -0.0893. The minimum absolute atomic E-state index is 0.0893. The summed E-state index contributed by atoms with van der Waals surface area (Å²) in [4.78, 5) is 11.8. The maximum absolute atomic E-state index is 11.8. The van der Waals surface area contributed by atoms with Crippen molar-refractivity contribution in [3.05, 3.63) is 34.9 Å². The van der Waals surface area contributed by atoms with Crippen molar-refractivity contribution in [3.63, 3.8) is 0 Å². The summed E-state index contributed by atoms with van der Waals surface area (Å²) in [7, 11) is 0. The molecule has 3 nitrogen and oxygen atoms in total. The van der Waals surface area contributed by atoms with Crippen molar-refractivity contribution in [2.45, 2.75) is 25.3 Å². The van der Waals surface area contributed by atoms with Crippen LogP contribution in [0.15, 0.2) is 24.3 Å². The number of benzene rings is 1. The van der Waals surface area contributed by atoms with Gasteiger partial charge >= 0.3 is 0 Å². The zero-order valence-electron chi connectivity index (χ0n) is 9.71. The Morgan fingerprint density at radius 3 is 3.00 bits per heavy atom. The van der Waals surface area contributed by atoms with Gasteiger partial charge in [0.25, 0.3) is 5.91 Å². The molecular formula is C13H17ClN2O. The van der Waals surface area contributed by atoms with Gasteiger partial charge in [0.15, 0.2) is 0 Å². The van der Waals surface area contributed by atoms with Gasteiger partial charge in [-0.2, -0.15) is 0 Å². The molecule has 0 spiro atoms. The van der Waals surface area contributed by atoms with Gasteiger partial charge in [0.1, 0.15) is 0 Å². The third-order valence-corrected chi connectivity index (χ3v) is 3.39. The highest BCUT2D eigenvalue weighted by molar-refractivity contribution is 6.33. The average molecular weight is 253 g/mol. The largest absolute Gasteiger partial charge is 0.352 e. The van der Waals surface area contributed by atoms with E-state index in [1.54, 1.807) is 12.1 Å². The van der Waals surface area contributed by atoms with Crippen molar-refractivity contribution in [1.29, 1.82) is 0 Å². The van der Waals surface area contributed by atoms with Crippen LogP contribution in [0.3, 0.4) is 0 Å². The minimum Gasteiger partial charge on any atom is -0.352 e. The number of carbonyl (C=O) groups is 1. The molecule has 92 valence electrons. The molecular weight excluding hydrogens is 236 g/mol. The second kappa shape index (κ2) is 6.03. The van der Waals surface area contributed by atoms with E-state index in [4.69, 9.17) is 11.6 Å². The first-order valence-corrected chi connectivity index (χ1v) is 6.41. The SMILES string of the molecule is O=C(NCCC1CCCN1)c1ccccc1Cl. The monoisotopic (exact) mass is 252 g/mol. The molecule has 1 unspecified atom stereocenters. The Morgan fingerprint density at radius 2 is 2.29 bits per heavy atom. The van der Waals surface area contributed by atoms with Gasteiger partial charge in [-0.3, -0.25) is 4.79 Å². The van der Waals surface area contributed by atoms with Gasteiger partial charge in [-0.1, -0.05) is 23.7 Å². The Morgan fingerprint density at radius 1 is 1.47 bits per heavy atom. The highest BCUT2D eigenvalue weighted by Crippen LogP contribution is 2.14. The Balaban J connectivity index is 1.79. The normalized spacial score (nSPS) is 19.2. The van der Waals surface area contributed by atoms with Crippen LogP contribution in [0.5, 0.6) is 0 Å². The van der Waals surface area contributed by atoms with E-state index in [0.29, 0.717) is 23.2 Å². The van der Waals surface area contributed by atoms with Crippen molar-refractivity contribution in [2.75, 3.05) is 13.1 Å². The first-order chi connectivity index (χ1) is 8.27. The lowest BCUT2D eigenvalue weighted by atomic mass is 10.1. The molecule has 2 N–H and O–H groups in total. The van der Waals surface area contributed by atoms with Crippen molar-refractivity contribution in [2.24, 2.45) is 0 Å². The fourth-order valence-corrected chi connectivity index (χ4v) is 2.33. The van der Waals surface area contributed by atoms with E-state index < -0.39 is 0 Å². The lowest BCUT2D eigenvalue weighted by molar-refractivity contribution is 0.0952. The summed E-state index contributed by atoms with van der Waals surface area (Å²) in [5.41, 5.74) is 0.550. The Hall–Kier alpha value is -1.06. The molecule has 1 aliphatic rings. The molecule has 1 saturated heterocycles. The summed E-state index contributed by atoms with van der Waals surface area (Å²) in [5, 5.41) is 6.81. The van der Waals surface area contributed by atoms with Crippen molar-refractivity contribution >= 4 is 17.5 Å². The number of hydrogen-bond donors (Lipinski definition) is 2. The molecule has 1 atom stereocenters. The predicted octanol–water partition coefficient (Wildman–Crippen LogP) is 2.21. The van der Waals surface area contributed by atoms with Crippen LogP contribution in [0.2, 0.25) is 5.02 Å². The van der Waals surface area contributed by atoms with Gasteiger partial charge in [0.2, 0.25) is 0 Å². The molecule has 17 heavy (non-hydrogen) atoms. The summed E-state index contributed by atoms with van der Waals surface area (Å²) < 4.78 is 0. The number of nitrogens with one attached hydrogen (secondary N) is 2. The number of carbonyl (C=O) groups excluding carboxylic acids is 1. The second-order valence-corrected chi connectivity index (χ2v) is 4.72. The third kappa shape index (κ3) is 3.45. The molecule has 1 aromatic rings. The molecule has 1 amide bonds. The van der Waals surface area contributed by atoms with Crippen LogP contribution in [0.1, 0.15) is 29.6 Å². The summed E-state index contributed by atoms with van der Waals surface area (Å²) in [6, 6.07) is 7.67. The van der Waals surface area contributed by atoms with E-state index in [1.807, 2.05) is 12.1 Å². The van der Waals surface area contributed by atoms with Gasteiger partial charge in [0, 0.05) is 12.6 Å². The van der Waals surface area contributed by atoms with E-state index in [0.717, 1.165) is 13.0 Å². The Bertz CT molecular complexity index is 389. The molecule has 0 bridgehead atoms. The summed E-state index contributed by atoms with van der Waals surface area (Å²) >= 11 is 5.95. The topological polar surface area (TPSA) is 41.1 Å². The van der Waals surface area contributed by atoms with E-state index in [1.165, 1.54) is 12.8 Å². The van der Waals surface area contributed by atoms with Crippen LogP contribution < -0.4 is 10.6 Å². The molecule has 4 heteroatoms. The summed E-state index contributed by atoms with van der Waals surface area (Å²) in [6.45, 7) is 1.80. The van der Waals surface area contributed by atoms with Crippen LogP contribution in [0.25, 0.3) is 0 Å². The lowest BCUT2D eigenvalue weighted by Crippen LogP contribution is -2.30. The molecule has 1 aromatic carbocycles. The van der Waals surface area contributed by atoms with Gasteiger partial charge < -0.3 is 10.6 Å². The van der Waals surface area contributed by atoms with Gasteiger partial charge in [-0.05, 0) is 37.9 Å². The maximum atomic E-state index is 11.8. The quantitative estimate of drug-likeness (QED) is 0.863. The van der Waals surface area contributed by atoms with Crippen LogP contribution >= 0.6 is 11.6 Å². The Kier molecular flexibility index (Phi) is 4.40. The summed E-state index contributed by atoms with van der Waals surface area (Å²) in [6.07, 6.45) is 3.43. The predicted molar refractivity (Wildman–Crippen MR) is 69.4 cm³/mol. The van der Waals surface area contributed by atoms with Crippen molar-refractivity contribution in [3.8, 4) is 0 Å². The second-order valence-electron chi connectivity index (χ2n) is 4.32. The minimum atomic E-state index is -0.0893. The van der Waals surface area contributed by atoms with E-state index in [2.05, 4.69) is 10.6 Å². The lowest BCUT2D eigenvalue weighted by Gasteiger charge is -2.11. The van der Waals surface area contributed by atoms with Crippen LogP contribution in [-0.4, -0.2) is 25.0 Å². The molecule has 2 rings (SSSR count). The molecule has 0 aromatic heterocycles. The number of hydrogen-bond acceptors (Lipinski definition) is 2. The van der Waals surface area contributed by atoms with Crippen molar-refractivity contribution < 1.29 is 4.79 Å². The third-order valence-electron chi connectivity index (χ3n) is 3.06. The first-order valence-electron chi connectivity index (χ1n) is 6.03. The van der Waals surface area contributed by atoms with Gasteiger partial charge in [0.05, 0.1) is 10.6 Å². The fraction of sp³-hybridized carbons (Fsp3) is 0.462. The van der Waals surface area contributed by atoms with Crippen LogP contribution in [-0.2, 0) is 0 Å². The molecule has 1 aliphatic heterocycles. The fourth-order valence-electron chi connectivity index (χ4n) is 2.10. The number of amides is 1. The smallest absolute Gasteiger partial charge is 0.252 e. The van der Waals surface area contributed by atoms with Gasteiger partial charge in [-0.25, -0.2) is 0 Å². The maximum Gasteiger partial charge on any atom is 0.252 e. The standard InChI is InChI=1S/C13H17ClN2O/c14-12-6-2-1-5-11(12)13(17)16-9-7-10-4-3-8-15-10/h1-2,5-6,10,15H,3-4,7-9H2,(H,16,17). The zero-order chi connectivity index (χ0) is 12.1. The Labute approximate surface area is 107 Å². The number of rotatable bonds is 4. The molecule has 1 fully saturated rings. The first kappa shape index (κ1) is 12.4. The molecule has 1 heterocycles.